The number of nitrogens with one attached hydrogen (secondary N) is 1. The van der Waals surface area contributed by atoms with Crippen LogP contribution in [0.4, 0.5) is 0 Å². The lowest BCUT2D eigenvalue weighted by Gasteiger charge is -2.10. The summed E-state index contributed by atoms with van der Waals surface area (Å²) >= 11 is 0. The standard InChI is InChI=1S/C16H18N4O3/c1-2-14-18-19(9-15(21)17-8-10-3-4-10)16(22)12-7-13-11(20(12)14)5-6-23-13/h5-7,10H,2-4,8-9H2,1H3,(H,17,21). The summed E-state index contributed by atoms with van der Waals surface area (Å²) in [5.41, 5.74) is 1.68. The lowest BCUT2D eigenvalue weighted by Crippen LogP contribution is -2.36. The third kappa shape index (κ3) is 2.42. The number of fused-ring (bicyclic) bond motifs is 3. The fourth-order valence-corrected chi connectivity index (χ4v) is 2.83. The van der Waals surface area contributed by atoms with Crippen LogP contribution in [0.1, 0.15) is 25.6 Å². The fraction of sp³-hybridized carbons (Fsp3) is 0.438. The lowest BCUT2D eigenvalue weighted by molar-refractivity contribution is -0.122. The predicted octanol–water partition coefficient (Wildman–Crippen LogP) is 1.33. The Hall–Kier alpha value is -2.57. The SMILES string of the molecule is CCc1nn(CC(=O)NCC2CC2)c(=O)c2cc3occc3n12. The van der Waals surface area contributed by atoms with E-state index in [1.54, 1.807) is 16.7 Å². The molecular formula is C16H18N4O3. The molecule has 0 aliphatic heterocycles. The Bertz CT molecular complexity index is 945. The molecule has 1 saturated carbocycles. The van der Waals surface area contributed by atoms with Crippen molar-refractivity contribution in [1.29, 1.82) is 0 Å². The van der Waals surface area contributed by atoms with Crippen LogP contribution in [0, 0.1) is 5.92 Å². The number of aromatic nitrogens is 3. The number of amides is 1. The molecule has 0 spiro atoms. The first-order valence-electron chi connectivity index (χ1n) is 7.92. The number of furan rings is 1. The predicted molar refractivity (Wildman–Crippen MR) is 84.3 cm³/mol. The molecule has 3 heterocycles. The number of aryl methyl sites for hydroxylation is 1. The summed E-state index contributed by atoms with van der Waals surface area (Å²) in [6.45, 7) is 2.60. The fourth-order valence-electron chi connectivity index (χ4n) is 2.83. The first kappa shape index (κ1) is 14.0. The van der Waals surface area contributed by atoms with Gasteiger partial charge in [-0.2, -0.15) is 5.10 Å². The number of rotatable bonds is 5. The highest BCUT2D eigenvalue weighted by Gasteiger charge is 2.22. The van der Waals surface area contributed by atoms with Crippen molar-refractivity contribution < 1.29 is 9.21 Å². The van der Waals surface area contributed by atoms with Gasteiger partial charge >= 0.3 is 0 Å². The average Bonchev–Trinajstić information content (AvgIpc) is 3.14. The summed E-state index contributed by atoms with van der Waals surface area (Å²) in [7, 11) is 0. The summed E-state index contributed by atoms with van der Waals surface area (Å²) in [5, 5.41) is 7.23. The van der Waals surface area contributed by atoms with Gasteiger partial charge in [0.15, 0.2) is 5.58 Å². The van der Waals surface area contributed by atoms with E-state index in [1.807, 2.05) is 13.0 Å². The molecule has 1 amide bonds. The molecule has 4 rings (SSSR count). The lowest BCUT2D eigenvalue weighted by atomic mass is 10.4. The molecule has 1 aliphatic rings. The zero-order chi connectivity index (χ0) is 16.0. The van der Waals surface area contributed by atoms with Gasteiger partial charge in [-0.15, -0.1) is 0 Å². The summed E-state index contributed by atoms with van der Waals surface area (Å²) < 4.78 is 8.42. The van der Waals surface area contributed by atoms with Gasteiger partial charge in [0, 0.05) is 25.1 Å². The van der Waals surface area contributed by atoms with E-state index in [4.69, 9.17) is 4.42 Å². The highest BCUT2D eigenvalue weighted by Crippen LogP contribution is 2.27. The molecule has 1 aliphatic carbocycles. The molecule has 1 N–H and O–H groups in total. The number of nitrogens with zero attached hydrogens (tertiary/aromatic N) is 3. The topological polar surface area (TPSA) is 81.5 Å². The molecule has 0 aromatic carbocycles. The van der Waals surface area contributed by atoms with Crippen LogP contribution in [0.3, 0.4) is 0 Å². The zero-order valence-electron chi connectivity index (χ0n) is 12.9. The van der Waals surface area contributed by atoms with Crippen LogP contribution in [-0.2, 0) is 17.8 Å². The quantitative estimate of drug-likeness (QED) is 0.770. The smallest absolute Gasteiger partial charge is 0.291 e. The summed E-state index contributed by atoms with van der Waals surface area (Å²) in [6.07, 6.45) is 4.59. The summed E-state index contributed by atoms with van der Waals surface area (Å²) in [6, 6.07) is 3.52. The Morgan fingerprint density at radius 3 is 3.00 bits per heavy atom. The first-order valence-corrected chi connectivity index (χ1v) is 7.92. The molecule has 1 fully saturated rings. The van der Waals surface area contributed by atoms with E-state index in [-0.39, 0.29) is 18.0 Å². The van der Waals surface area contributed by atoms with Gasteiger partial charge in [0.05, 0.1) is 11.8 Å². The van der Waals surface area contributed by atoms with Crippen LogP contribution < -0.4 is 10.9 Å². The van der Waals surface area contributed by atoms with Crippen molar-refractivity contribution in [2.45, 2.75) is 32.7 Å². The molecule has 120 valence electrons. The van der Waals surface area contributed by atoms with E-state index in [0.717, 1.165) is 11.3 Å². The second-order valence-electron chi connectivity index (χ2n) is 6.02. The molecule has 23 heavy (non-hydrogen) atoms. The maximum Gasteiger partial charge on any atom is 0.291 e. The highest BCUT2D eigenvalue weighted by molar-refractivity contribution is 5.82. The van der Waals surface area contributed by atoms with Gasteiger partial charge in [-0.05, 0) is 18.8 Å². The van der Waals surface area contributed by atoms with Crippen molar-refractivity contribution in [1.82, 2.24) is 19.5 Å². The second kappa shape index (κ2) is 5.26. The van der Waals surface area contributed by atoms with Crippen LogP contribution in [0.2, 0.25) is 0 Å². The second-order valence-corrected chi connectivity index (χ2v) is 6.02. The molecule has 0 atom stereocenters. The first-order chi connectivity index (χ1) is 11.2. The van der Waals surface area contributed by atoms with Gasteiger partial charge in [-0.1, -0.05) is 6.92 Å². The number of hydrogen-bond donors (Lipinski definition) is 1. The maximum atomic E-state index is 12.6. The Kier molecular flexibility index (Phi) is 3.21. The molecular weight excluding hydrogens is 296 g/mol. The molecule has 7 nitrogen and oxygen atoms in total. The average molecular weight is 314 g/mol. The van der Waals surface area contributed by atoms with Gasteiger partial charge < -0.3 is 9.73 Å². The van der Waals surface area contributed by atoms with Crippen LogP contribution >= 0.6 is 0 Å². The highest BCUT2D eigenvalue weighted by atomic mass is 16.3. The van der Waals surface area contributed by atoms with Crippen molar-refractivity contribution in [3.8, 4) is 0 Å². The summed E-state index contributed by atoms with van der Waals surface area (Å²) in [4.78, 5) is 24.6. The van der Waals surface area contributed by atoms with E-state index >= 15 is 0 Å². The molecule has 7 heteroatoms. The number of carbonyl (C=O) groups excluding carboxylic acids is 1. The van der Waals surface area contributed by atoms with Gasteiger partial charge in [0.2, 0.25) is 5.91 Å². The zero-order valence-corrected chi connectivity index (χ0v) is 12.9. The minimum atomic E-state index is -0.282. The van der Waals surface area contributed by atoms with E-state index < -0.39 is 0 Å². The van der Waals surface area contributed by atoms with E-state index in [0.29, 0.717) is 30.0 Å². The largest absolute Gasteiger partial charge is 0.463 e. The Balaban J connectivity index is 1.72. The molecule has 0 unspecified atom stereocenters. The third-order valence-electron chi connectivity index (χ3n) is 4.27. The van der Waals surface area contributed by atoms with Crippen molar-refractivity contribution in [2.24, 2.45) is 5.92 Å². The van der Waals surface area contributed by atoms with Gasteiger partial charge in [0.1, 0.15) is 17.9 Å². The normalized spacial score (nSPS) is 14.7. The molecule has 3 aromatic rings. The Morgan fingerprint density at radius 2 is 2.26 bits per heavy atom. The van der Waals surface area contributed by atoms with E-state index in [2.05, 4.69) is 10.4 Å². The Morgan fingerprint density at radius 1 is 1.43 bits per heavy atom. The van der Waals surface area contributed by atoms with Crippen molar-refractivity contribution in [3.63, 3.8) is 0 Å². The van der Waals surface area contributed by atoms with E-state index in [9.17, 15) is 9.59 Å². The molecule has 0 radical (unpaired) electrons. The summed E-state index contributed by atoms with van der Waals surface area (Å²) in [5.74, 6) is 1.16. The van der Waals surface area contributed by atoms with Crippen molar-refractivity contribution in [3.05, 3.63) is 34.6 Å². The van der Waals surface area contributed by atoms with Gasteiger partial charge in [-0.25, -0.2) is 4.68 Å². The minimum Gasteiger partial charge on any atom is -0.463 e. The van der Waals surface area contributed by atoms with Gasteiger partial charge in [0.25, 0.3) is 5.56 Å². The van der Waals surface area contributed by atoms with Crippen LogP contribution in [-0.4, -0.2) is 26.6 Å². The molecule has 0 saturated heterocycles. The monoisotopic (exact) mass is 314 g/mol. The van der Waals surface area contributed by atoms with Crippen LogP contribution in [0.5, 0.6) is 0 Å². The third-order valence-corrected chi connectivity index (χ3v) is 4.27. The molecule has 0 bridgehead atoms. The minimum absolute atomic E-state index is 0.0540. The van der Waals surface area contributed by atoms with Crippen molar-refractivity contribution in [2.75, 3.05) is 6.54 Å². The number of hydrogen-bond acceptors (Lipinski definition) is 4. The van der Waals surface area contributed by atoms with E-state index in [1.165, 1.54) is 17.5 Å². The molecule has 3 aromatic heterocycles. The number of carbonyl (C=O) groups is 1. The maximum absolute atomic E-state index is 12.6. The Labute approximate surface area is 131 Å². The van der Waals surface area contributed by atoms with Gasteiger partial charge in [-0.3, -0.25) is 14.0 Å². The van der Waals surface area contributed by atoms with Crippen molar-refractivity contribution >= 4 is 22.5 Å². The van der Waals surface area contributed by atoms with Crippen LogP contribution in [0.25, 0.3) is 16.6 Å². The van der Waals surface area contributed by atoms with Crippen LogP contribution in [0.15, 0.2) is 27.6 Å².